The van der Waals surface area contributed by atoms with Crippen molar-refractivity contribution in [1.82, 2.24) is 5.32 Å². The molecule has 2 N–H and O–H groups in total. The molecule has 1 rings (SSSR count). The summed E-state index contributed by atoms with van der Waals surface area (Å²) in [5, 5.41) is 11.1. The summed E-state index contributed by atoms with van der Waals surface area (Å²) in [6, 6.07) is 3.15. The van der Waals surface area contributed by atoms with Crippen LogP contribution in [0.2, 0.25) is 0 Å². The largest absolute Gasteiger partial charge is 0.478 e. The molecule has 0 heterocycles. The van der Waals surface area contributed by atoms with Gasteiger partial charge in [-0.1, -0.05) is 12.1 Å². The number of carboxylic acid groups (broad SMARTS) is 1. The van der Waals surface area contributed by atoms with Gasteiger partial charge in [0.1, 0.15) is 0 Å². The summed E-state index contributed by atoms with van der Waals surface area (Å²) >= 11 is 0. The number of carboxylic acids is 1. The van der Waals surface area contributed by atoms with E-state index >= 15 is 0 Å². The van der Waals surface area contributed by atoms with Crippen molar-refractivity contribution < 1.29 is 23.5 Å². The molecule has 4 nitrogen and oxygen atoms in total. The molecule has 0 atom stereocenters. The number of alkyl halides is 2. The number of carbonyl (C=O) groups is 2. The normalized spacial score (nSPS) is 10.5. The quantitative estimate of drug-likeness (QED) is 0.866. The molecule has 1 amide bonds. The summed E-state index contributed by atoms with van der Waals surface area (Å²) in [7, 11) is 0. The van der Waals surface area contributed by atoms with Crippen LogP contribution >= 0.6 is 0 Å². The van der Waals surface area contributed by atoms with Gasteiger partial charge in [-0.3, -0.25) is 4.79 Å². The van der Waals surface area contributed by atoms with Crippen LogP contribution < -0.4 is 5.32 Å². The highest BCUT2D eigenvalue weighted by atomic mass is 19.3. The number of amides is 1. The Hall–Kier alpha value is -1.98. The summed E-state index contributed by atoms with van der Waals surface area (Å²) < 4.78 is 24.0. The van der Waals surface area contributed by atoms with E-state index in [0.29, 0.717) is 11.1 Å². The average Bonchev–Trinajstić information content (AvgIpc) is 2.28. The summed E-state index contributed by atoms with van der Waals surface area (Å²) in [5.74, 6) is -2.05. The van der Waals surface area contributed by atoms with Crippen molar-refractivity contribution in [2.75, 3.05) is 6.54 Å². The maximum Gasteiger partial charge on any atom is 0.336 e. The van der Waals surface area contributed by atoms with Crippen LogP contribution in [0.4, 0.5) is 8.78 Å². The molecule has 1 aromatic carbocycles. The second-order valence-corrected chi connectivity index (χ2v) is 3.86. The van der Waals surface area contributed by atoms with Gasteiger partial charge in [-0.05, 0) is 25.0 Å². The van der Waals surface area contributed by atoms with Crippen LogP contribution in [0.1, 0.15) is 31.8 Å². The van der Waals surface area contributed by atoms with Crippen molar-refractivity contribution >= 4 is 11.9 Å². The fourth-order valence-electron chi connectivity index (χ4n) is 1.64. The Morgan fingerprint density at radius 1 is 1.22 bits per heavy atom. The van der Waals surface area contributed by atoms with Crippen molar-refractivity contribution in [1.29, 1.82) is 0 Å². The number of rotatable bonds is 4. The maximum atomic E-state index is 12.0. The van der Waals surface area contributed by atoms with Crippen molar-refractivity contribution in [3.8, 4) is 0 Å². The standard InChI is InChI=1S/C12H13F2NO3/c1-6-3-4-7(2)10(12(17)18)9(6)11(16)15-5-8(13)14/h3-4,8H,5H2,1-2H3,(H,15,16)(H,17,18). The van der Waals surface area contributed by atoms with Gasteiger partial charge in [0.15, 0.2) is 0 Å². The number of aromatic carboxylic acids is 1. The molecule has 6 heteroatoms. The number of carbonyl (C=O) groups excluding carboxylic acids is 1. The first-order chi connectivity index (χ1) is 8.34. The van der Waals surface area contributed by atoms with Crippen molar-refractivity contribution in [3.63, 3.8) is 0 Å². The summed E-state index contributed by atoms with van der Waals surface area (Å²) in [5.41, 5.74) is 0.630. The van der Waals surface area contributed by atoms with Crippen LogP contribution in [0, 0.1) is 13.8 Å². The second kappa shape index (κ2) is 5.57. The minimum atomic E-state index is -2.67. The predicted molar refractivity (Wildman–Crippen MR) is 61.2 cm³/mol. The third-order valence-electron chi connectivity index (χ3n) is 2.48. The lowest BCUT2D eigenvalue weighted by molar-refractivity contribution is 0.0689. The lowest BCUT2D eigenvalue weighted by atomic mass is 9.96. The van der Waals surface area contributed by atoms with E-state index in [1.807, 2.05) is 5.32 Å². The third kappa shape index (κ3) is 3.03. The highest BCUT2D eigenvalue weighted by molar-refractivity contribution is 6.06. The SMILES string of the molecule is Cc1ccc(C)c(C(=O)NCC(F)F)c1C(=O)O. The molecule has 18 heavy (non-hydrogen) atoms. The fraction of sp³-hybridized carbons (Fsp3) is 0.333. The van der Waals surface area contributed by atoms with Gasteiger partial charge in [0, 0.05) is 0 Å². The summed E-state index contributed by atoms with van der Waals surface area (Å²) in [6.07, 6.45) is -2.67. The average molecular weight is 257 g/mol. The van der Waals surface area contributed by atoms with E-state index in [1.165, 1.54) is 0 Å². The monoisotopic (exact) mass is 257 g/mol. The molecule has 1 aromatic rings. The zero-order valence-electron chi connectivity index (χ0n) is 9.96. The van der Waals surface area contributed by atoms with Crippen molar-refractivity contribution in [2.45, 2.75) is 20.3 Å². The van der Waals surface area contributed by atoms with Gasteiger partial charge in [-0.2, -0.15) is 0 Å². The zero-order valence-corrected chi connectivity index (χ0v) is 9.96. The first-order valence-corrected chi connectivity index (χ1v) is 5.24. The van der Waals surface area contributed by atoms with E-state index in [2.05, 4.69) is 0 Å². The van der Waals surface area contributed by atoms with Crippen molar-refractivity contribution in [3.05, 3.63) is 34.4 Å². The Bertz CT molecular complexity index is 486. The highest BCUT2D eigenvalue weighted by Crippen LogP contribution is 2.18. The van der Waals surface area contributed by atoms with Gasteiger partial charge >= 0.3 is 5.97 Å². The molecule has 0 bridgehead atoms. The van der Waals surface area contributed by atoms with E-state index in [9.17, 15) is 18.4 Å². The molecule has 0 radical (unpaired) electrons. The molecular weight excluding hydrogens is 244 g/mol. The van der Waals surface area contributed by atoms with Crippen molar-refractivity contribution in [2.24, 2.45) is 0 Å². The first kappa shape index (κ1) is 14.1. The van der Waals surface area contributed by atoms with E-state index < -0.39 is 24.8 Å². The number of halogens is 2. The Morgan fingerprint density at radius 3 is 2.17 bits per heavy atom. The van der Waals surface area contributed by atoms with Crippen LogP contribution in [0.3, 0.4) is 0 Å². The second-order valence-electron chi connectivity index (χ2n) is 3.86. The van der Waals surface area contributed by atoms with Crippen LogP contribution in [0.15, 0.2) is 12.1 Å². The first-order valence-electron chi connectivity index (χ1n) is 5.24. The maximum absolute atomic E-state index is 12.0. The minimum absolute atomic E-state index is 0.0665. The van der Waals surface area contributed by atoms with Crippen LogP contribution in [-0.4, -0.2) is 30.0 Å². The van der Waals surface area contributed by atoms with Gasteiger partial charge in [0.25, 0.3) is 12.3 Å². The van der Waals surface area contributed by atoms with Crippen LogP contribution in [0.25, 0.3) is 0 Å². The summed E-state index contributed by atoms with van der Waals surface area (Å²) in [4.78, 5) is 22.8. The molecule has 0 aliphatic carbocycles. The molecule has 0 unspecified atom stereocenters. The predicted octanol–water partition coefficient (Wildman–Crippen LogP) is 2.00. The molecule has 0 saturated carbocycles. The molecule has 0 spiro atoms. The molecular formula is C12H13F2NO3. The summed E-state index contributed by atoms with van der Waals surface area (Å²) in [6.45, 7) is 2.31. The van der Waals surface area contributed by atoms with E-state index in [-0.39, 0.29) is 11.1 Å². The van der Waals surface area contributed by atoms with Crippen LogP contribution in [0.5, 0.6) is 0 Å². The fourth-order valence-corrected chi connectivity index (χ4v) is 1.64. The molecule has 0 aliphatic rings. The molecule has 0 fully saturated rings. The number of nitrogens with one attached hydrogen (secondary N) is 1. The lowest BCUT2D eigenvalue weighted by Gasteiger charge is -2.12. The van der Waals surface area contributed by atoms with Gasteiger partial charge in [-0.25, -0.2) is 13.6 Å². The minimum Gasteiger partial charge on any atom is -0.478 e. The molecule has 0 aromatic heterocycles. The number of hydrogen-bond acceptors (Lipinski definition) is 2. The van der Waals surface area contributed by atoms with E-state index in [0.717, 1.165) is 0 Å². The zero-order chi connectivity index (χ0) is 13.9. The molecule has 0 saturated heterocycles. The van der Waals surface area contributed by atoms with Gasteiger partial charge in [0.2, 0.25) is 0 Å². The van der Waals surface area contributed by atoms with Gasteiger partial charge in [0.05, 0.1) is 17.7 Å². The smallest absolute Gasteiger partial charge is 0.336 e. The molecule has 0 aliphatic heterocycles. The molecule has 98 valence electrons. The number of aryl methyl sites for hydroxylation is 2. The third-order valence-corrected chi connectivity index (χ3v) is 2.48. The Labute approximate surface area is 103 Å². The van der Waals surface area contributed by atoms with Gasteiger partial charge < -0.3 is 10.4 Å². The van der Waals surface area contributed by atoms with Crippen LogP contribution in [-0.2, 0) is 0 Å². The number of benzene rings is 1. The topological polar surface area (TPSA) is 66.4 Å². The highest BCUT2D eigenvalue weighted by Gasteiger charge is 2.21. The van der Waals surface area contributed by atoms with E-state index in [1.54, 1.807) is 26.0 Å². The number of hydrogen-bond donors (Lipinski definition) is 2. The Kier molecular flexibility index (Phi) is 4.36. The Morgan fingerprint density at radius 2 is 1.72 bits per heavy atom. The van der Waals surface area contributed by atoms with Gasteiger partial charge in [-0.15, -0.1) is 0 Å². The van der Waals surface area contributed by atoms with E-state index in [4.69, 9.17) is 5.11 Å². The lowest BCUT2D eigenvalue weighted by Crippen LogP contribution is -2.30. The Balaban J connectivity index is 3.18.